The Hall–Kier alpha value is -3.23. The number of hydrogen-bond donors (Lipinski definition) is 0. The smallest absolute Gasteiger partial charge is 0.280 e. The highest BCUT2D eigenvalue weighted by atomic mass is 32.2. The number of carbonyl (C=O) groups excluding carboxylic acids is 1. The maximum Gasteiger partial charge on any atom is 0.280 e. The Labute approximate surface area is 169 Å². The van der Waals surface area contributed by atoms with Crippen molar-refractivity contribution in [2.24, 2.45) is 0 Å². The number of carbonyl (C=O) groups is 1. The molecule has 28 heavy (non-hydrogen) atoms. The molecule has 0 unspecified atom stereocenters. The van der Waals surface area contributed by atoms with E-state index in [1.54, 1.807) is 36.4 Å². The van der Waals surface area contributed by atoms with Gasteiger partial charge < -0.3 is 4.42 Å². The molecule has 2 heterocycles. The molecule has 0 bridgehead atoms. The van der Waals surface area contributed by atoms with E-state index >= 15 is 0 Å². The summed E-state index contributed by atoms with van der Waals surface area (Å²) in [5, 5.41) is 11.2. The van der Waals surface area contributed by atoms with Crippen molar-refractivity contribution in [1.29, 1.82) is 0 Å². The average molecular weight is 408 g/mol. The van der Waals surface area contributed by atoms with Gasteiger partial charge in [0.2, 0.25) is 0 Å². The lowest BCUT2D eigenvalue weighted by atomic mass is 10.1. The van der Waals surface area contributed by atoms with Crippen LogP contribution in [0.5, 0.6) is 0 Å². The molecule has 1 aromatic heterocycles. The quantitative estimate of drug-likeness (QED) is 0.254. The zero-order chi connectivity index (χ0) is 19.7. The predicted molar refractivity (Wildman–Crippen MR) is 113 cm³/mol. The Morgan fingerprint density at radius 1 is 1.04 bits per heavy atom. The molecular weight excluding hydrogens is 396 g/mol. The summed E-state index contributed by atoms with van der Waals surface area (Å²) < 4.78 is 6.18. The number of para-hydroxylation sites is 2. The average Bonchev–Trinajstić information content (AvgIpc) is 3.27. The van der Waals surface area contributed by atoms with E-state index in [1.807, 2.05) is 30.3 Å². The number of thiocarbonyl (C=S) groups is 1. The maximum absolute atomic E-state index is 12.8. The first-order valence-corrected chi connectivity index (χ1v) is 9.44. The minimum Gasteiger partial charge on any atom is -0.456 e. The van der Waals surface area contributed by atoms with Crippen LogP contribution in [-0.4, -0.2) is 15.2 Å². The molecule has 0 radical (unpaired) electrons. The Morgan fingerprint density at radius 3 is 2.50 bits per heavy atom. The summed E-state index contributed by atoms with van der Waals surface area (Å²) in [6.45, 7) is 0. The maximum atomic E-state index is 12.8. The monoisotopic (exact) mass is 408 g/mol. The molecule has 8 heteroatoms. The van der Waals surface area contributed by atoms with Crippen molar-refractivity contribution < 1.29 is 14.1 Å². The van der Waals surface area contributed by atoms with Crippen LogP contribution in [0.25, 0.3) is 17.4 Å². The summed E-state index contributed by atoms with van der Waals surface area (Å²) in [5.74, 6) is 0.545. The van der Waals surface area contributed by atoms with Gasteiger partial charge in [-0.25, -0.2) is 0 Å². The summed E-state index contributed by atoms with van der Waals surface area (Å²) in [6, 6.07) is 18.8. The van der Waals surface area contributed by atoms with Crippen molar-refractivity contribution >= 4 is 51.7 Å². The summed E-state index contributed by atoms with van der Waals surface area (Å²) in [5.41, 5.74) is 1.04. The van der Waals surface area contributed by atoms with Gasteiger partial charge in [-0.05, 0) is 30.3 Å². The molecule has 1 amide bonds. The number of furan rings is 1. The molecular formula is C20H12N2O4S2. The van der Waals surface area contributed by atoms with Gasteiger partial charge in [0.25, 0.3) is 11.6 Å². The molecule has 0 saturated carbocycles. The van der Waals surface area contributed by atoms with E-state index in [4.69, 9.17) is 16.6 Å². The highest BCUT2D eigenvalue weighted by Crippen LogP contribution is 2.37. The second-order valence-corrected chi connectivity index (χ2v) is 7.50. The number of nitrogens with zero attached hydrogens (tertiary/aromatic N) is 2. The number of hydrogen-bond acceptors (Lipinski definition) is 6. The minimum atomic E-state index is -0.456. The molecule has 0 aliphatic carbocycles. The van der Waals surface area contributed by atoms with Crippen LogP contribution in [0.1, 0.15) is 5.76 Å². The molecule has 2 aromatic carbocycles. The first-order valence-electron chi connectivity index (χ1n) is 8.21. The zero-order valence-electron chi connectivity index (χ0n) is 14.3. The molecule has 1 saturated heterocycles. The fourth-order valence-electron chi connectivity index (χ4n) is 2.81. The van der Waals surface area contributed by atoms with Crippen molar-refractivity contribution in [2.75, 3.05) is 4.90 Å². The van der Waals surface area contributed by atoms with Gasteiger partial charge in [-0.2, -0.15) is 0 Å². The number of nitro groups is 1. The van der Waals surface area contributed by atoms with E-state index in [2.05, 4.69) is 0 Å². The topological polar surface area (TPSA) is 76.6 Å². The fourth-order valence-corrected chi connectivity index (χ4v) is 4.09. The number of thioether (sulfide) groups is 1. The van der Waals surface area contributed by atoms with Crippen LogP contribution in [-0.2, 0) is 4.79 Å². The van der Waals surface area contributed by atoms with E-state index < -0.39 is 4.92 Å². The van der Waals surface area contributed by atoms with E-state index in [9.17, 15) is 14.9 Å². The molecule has 0 spiro atoms. The Morgan fingerprint density at radius 2 is 1.75 bits per heavy atom. The van der Waals surface area contributed by atoms with Gasteiger partial charge in [0.05, 0.1) is 21.1 Å². The van der Waals surface area contributed by atoms with Crippen molar-refractivity contribution in [3.05, 3.63) is 87.5 Å². The lowest BCUT2D eigenvalue weighted by Gasteiger charge is -2.13. The lowest BCUT2D eigenvalue weighted by molar-refractivity contribution is -0.384. The Kier molecular flexibility index (Phi) is 4.81. The third-order valence-electron chi connectivity index (χ3n) is 4.07. The standard InChI is InChI=1S/C20H12N2O4S2/c23-19-18(28-20(27)21(19)13-6-2-1-3-7-13)12-14-10-11-17(26-14)15-8-4-5-9-16(15)22(24)25/h1-12H. The van der Waals surface area contributed by atoms with Gasteiger partial charge >= 0.3 is 0 Å². The van der Waals surface area contributed by atoms with Crippen LogP contribution in [0.4, 0.5) is 11.4 Å². The van der Waals surface area contributed by atoms with E-state index in [-0.39, 0.29) is 11.6 Å². The van der Waals surface area contributed by atoms with Crippen molar-refractivity contribution in [2.45, 2.75) is 0 Å². The number of anilines is 1. The van der Waals surface area contributed by atoms with Gasteiger partial charge in [0.15, 0.2) is 4.32 Å². The van der Waals surface area contributed by atoms with Crippen molar-refractivity contribution in [1.82, 2.24) is 0 Å². The fraction of sp³-hybridized carbons (Fsp3) is 0. The molecule has 1 aliphatic heterocycles. The van der Waals surface area contributed by atoms with Crippen LogP contribution < -0.4 is 4.90 Å². The van der Waals surface area contributed by atoms with Crippen LogP contribution in [0.15, 0.2) is 76.1 Å². The first-order chi connectivity index (χ1) is 13.5. The van der Waals surface area contributed by atoms with Gasteiger partial charge in [-0.15, -0.1) is 0 Å². The Balaban J connectivity index is 1.64. The molecule has 138 valence electrons. The highest BCUT2D eigenvalue weighted by molar-refractivity contribution is 8.27. The second kappa shape index (κ2) is 7.41. The first kappa shape index (κ1) is 18.1. The molecule has 1 aliphatic rings. The minimum absolute atomic E-state index is 0.0428. The van der Waals surface area contributed by atoms with Crippen LogP contribution >= 0.6 is 24.0 Å². The number of benzene rings is 2. The third kappa shape index (κ3) is 3.35. The number of nitro benzene ring substituents is 1. The number of rotatable bonds is 4. The summed E-state index contributed by atoms with van der Waals surface area (Å²) in [4.78, 5) is 25.4. The third-order valence-corrected chi connectivity index (χ3v) is 5.38. The summed E-state index contributed by atoms with van der Waals surface area (Å²) >= 11 is 6.53. The van der Waals surface area contributed by atoms with Crippen LogP contribution in [0.3, 0.4) is 0 Å². The van der Waals surface area contributed by atoms with Crippen LogP contribution in [0, 0.1) is 10.1 Å². The van der Waals surface area contributed by atoms with Crippen LogP contribution in [0.2, 0.25) is 0 Å². The summed E-state index contributed by atoms with van der Waals surface area (Å²) in [7, 11) is 0. The predicted octanol–water partition coefficient (Wildman–Crippen LogP) is 5.26. The number of amides is 1. The van der Waals surface area contributed by atoms with Gasteiger partial charge in [0.1, 0.15) is 11.5 Å². The molecule has 1 fully saturated rings. The van der Waals surface area contributed by atoms with Gasteiger partial charge in [0, 0.05) is 12.1 Å². The molecule has 0 atom stereocenters. The largest absolute Gasteiger partial charge is 0.456 e. The van der Waals surface area contributed by atoms with Gasteiger partial charge in [-0.3, -0.25) is 19.8 Å². The Bertz CT molecular complexity index is 1120. The molecule has 3 aromatic rings. The van der Waals surface area contributed by atoms with Gasteiger partial charge in [-0.1, -0.05) is 54.3 Å². The summed E-state index contributed by atoms with van der Waals surface area (Å²) in [6.07, 6.45) is 1.60. The van der Waals surface area contributed by atoms with E-state index in [0.717, 1.165) is 0 Å². The zero-order valence-corrected chi connectivity index (χ0v) is 15.9. The normalized spacial score (nSPS) is 15.4. The van der Waals surface area contributed by atoms with E-state index in [0.29, 0.717) is 32.0 Å². The lowest BCUT2D eigenvalue weighted by Crippen LogP contribution is -2.27. The highest BCUT2D eigenvalue weighted by Gasteiger charge is 2.33. The molecule has 4 rings (SSSR count). The SMILES string of the molecule is O=C1C(=Cc2ccc(-c3ccccc3[N+](=O)[O-])o2)SC(=S)N1c1ccccc1. The second-order valence-electron chi connectivity index (χ2n) is 5.83. The van der Waals surface area contributed by atoms with Crippen molar-refractivity contribution in [3.8, 4) is 11.3 Å². The molecule has 6 nitrogen and oxygen atoms in total. The van der Waals surface area contributed by atoms with Crippen molar-refractivity contribution in [3.63, 3.8) is 0 Å². The molecule has 0 N–H and O–H groups in total. The van der Waals surface area contributed by atoms with E-state index in [1.165, 1.54) is 22.7 Å².